The molecule has 31 heavy (non-hydrogen) atoms. The van der Waals surface area contributed by atoms with Crippen molar-refractivity contribution in [1.82, 2.24) is 9.79 Å². The molecule has 1 aliphatic heterocycles. The van der Waals surface area contributed by atoms with Crippen molar-refractivity contribution in [3.8, 4) is 0 Å². The molecule has 1 heterocycles. The zero-order chi connectivity index (χ0) is 23.2. The standard InChI is InChI=1S/C20H25F3N2O5S/c1-3-15(9-8-14(2)20(21,22)23)30-16-10-12-25(13-11-16)31(28,29)18-7-5-4-6-17(18)19(26)24-27/h3,6-9,16,27H,1,4-5,10-13H2,2H3,(H,24,26)/b14-8+,15-9+. The number of piperidine rings is 1. The summed E-state index contributed by atoms with van der Waals surface area (Å²) in [4.78, 5) is 11.7. The number of nitrogens with zero attached hydrogens (tertiary/aromatic N) is 1. The monoisotopic (exact) mass is 462 g/mol. The van der Waals surface area contributed by atoms with E-state index in [1.807, 2.05) is 0 Å². The van der Waals surface area contributed by atoms with Crippen LogP contribution >= 0.6 is 0 Å². The maximum atomic E-state index is 13.0. The van der Waals surface area contributed by atoms with Crippen LogP contribution in [0.4, 0.5) is 13.2 Å². The molecule has 11 heteroatoms. The second-order valence-electron chi connectivity index (χ2n) is 7.05. The Balaban J connectivity index is 2.05. The number of alkyl halides is 3. The highest BCUT2D eigenvalue weighted by Gasteiger charge is 2.35. The quantitative estimate of drug-likeness (QED) is 0.261. The van der Waals surface area contributed by atoms with Gasteiger partial charge in [-0.1, -0.05) is 24.8 Å². The summed E-state index contributed by atoms with van der Waals surface area (Å²) >= 11 is 0. The third-order valence-electron chi connectivity index (χ3n) is 4.92. The molecule has 0 spiro atoms. The van der Waals surface area contributed by atoms with E-state index in [1.165, 1.54) is 34.1 Å². The number of halogens is 3. The first-order valence-electron chi connectivity index (χ1n) is 9.60. The molecule has 2 N–H and O–H groups in total. The highest BCUT2D eigenvalue weighted by atomic mass is 32.2. The summed E-state index contributed by atoms with van der Waals surface area (Å²) < 4.78 is 70.7. The van der Waals surface area contributed by atoms with Gasteiger partial charge in [0.05, 0.1) is 10.5 Å². The van der Waals surface area contributed by atoms with Gasteiger partial charge in [-0.05, 0) is 44.8 Å². The highest BCUT2D eigenvalue weighted by molar-refractivity contribution is 7.93. The van der Waals surface area contributed by atoms with E-state index in [1.54, 1.807) is 0 Å². The summed E-state index contributed by atoms with van der Waals surface area (Å²) in [7, 11) is -3.96. The normalized spacial score (nSPS) is 20.0. The van der Waals surface area contributed by atoms with Gasteiger partial charge in [0.1, 0.15) is 11.9 Å². The Kier molecular flexibility index (Phi) is 8.27. The number of allylic oxidation sites excluding steroid dienone is 6. The maximum Gasteiger partial charge on any atom is 0.412 e. The van der Waals surface area contributed by atoms with Crippen LogP contribution in [0.25, 0.3) is 0 Å². The molecule has 1 saturated heterocycles. The van der Waals surface area contributed by atoms with Gasteiger partial charge in [0.2, 0.25) is 10.0 Å². The molecule has 0 atom stereocenters. The Labute approximate surface area is 179 Å². The van der Waals surface area contributed by atoms with Gasteiger partial charge in [0, 0.05) is 18.7 Å². The lowest BCUT2D eigenvalue weighted by Gasteiger charge is -2.32. The molecular weight excluding hydrogens is 437 g/mol. The average molecular weight is 462 g/mol. The van der Waals surface area contributed by atoms with E-state index in [9.17, 15) is 26.4 Å². The number of hydrogen-bond donors (Lipinski definition) is 2. The van der Waals surface area contributed by atoms with Crippen LogP contribution in [0.3, 0.4) is 0 Å². The molecule has 172 valence electrons. The Morgan fingerprint density at radius 2 is 1.87 bits per heavy atom. The van der Waals surface area contributed by atoms with E-state index < -0.39 is 33.8 Å². The van der Waals surface area contributed by atoms with Crippen molar-refractivity contribution in [2.75, 3.05) is 13.1 Å². The lowest BCUT2D eigenvalue weighted by molar-refractivity contribution is -0.125. The van der Waals surface area contributed by atoms with Gasteiger partial charge < -0.3 is 4.74 Å². The third-order valence-corrected chi connectivity index (χ3v) is 6.91. The molecule has 0 unspecified atom stereocenters. The zero-order valence-corrected chi connectivity index (χ0v) is 17.8. The van der Waals surface area contributed by atoms with Crippen LogP contribution in [0.2, 0.25) is 0 Å². The van der Waals surface area contributed by atoms with Crippen LogP contribution in [0.15, 0.2) is 58.8 Å². The Bertz CT molecular complexity index is 925. The second kappa shape index (κ2) is 10.3. The minimum absolute atomic E-state index is 0.101. The highest BCUT2D eigenvalue weighted by Crippen LogP contribution is 2.30. The topological polar surface area (TPSA) is 95.9 Å². The van der Waals surface area contributed by atoms with Gasteiger partial charge in [0.15, 0.2) is 0 Å². The Morgan fingerprint density at radius 3 is 2.42 bits per heavy atom. The van der Waals surface area contributed by atoms with Gasteiger partial charge in [-0.2, -0.15) is 17.5 Å². The van der Waals surface area contributed by atoms with Crippen molar-refractivity contribution in [1.29, 1.82) is 0 Å². The van der Waals surface area contributed by atoms with Crippen molar-refractivity contribution in [3.05, 3.63) is 58.8 Å². The number of hydrogen-bond acceptors (Lipinski definition) is 5. The van der Waals surface area contributed by atoms with Crippen LogP contribution in [-0.4, -0.2) is 49.2 Å². The fourth-order valence-electron chi connectivity index (χ4n) is 3.14. The number of carbonyl (C=O) groups is 1. The van der Waals surface area contributed by atoms with E-state index in [-0.39, 0.29) is 29.3 Å². The molecule has 0 aromatic carbocycles. The molecule has 0 radical (unpaired) electrons. The number of hydroxylamine groups is 1. The summed E-state index contributed by atoms with van der Waals surface area (Å²) in [5.41, 5.74) is 0.577. The number of amides is 1. The van der Waals surface area contributed by atoms with Crippen molar-refractivity contribution in [3.63, 3.8) is 0 Å². The molecule has 0 bridgehead atoms. The second-order valence-corrected chi connectivity index (χ2v) is 8.95. The van der Waals surface area contributed by atoms with Crippen LogP contribution in [0, 0.1) is 0 Å². The summed E-state index contributed by atoms with van der Waals surface area (Å²) in [6, 6.07) is 0. The van der Waals surface area contributed by atoms with Gasteiger partial charge in [-0.25, -0.2) is 13.9 Å². The maximum absolute atomic E-state index is 13.0. The van der Waals surface area contributed by atoms with Crippen molar-refractivity contribution in [2.24, 2.45) is 0 Å². The molecular formula is C20H25F3N2O5S. The summed E-state index contributed by atoms with van der Waals surface area (Å²) in [5, 5.41) is 8.87. The van der Waals surface area contributed by atoms with Crippen molar-refractivity contribution in [2.45, 2.75) is 44.9 Å². The van der Waals surface area contributed by atoms with Crippen LogP contribution in [0.1, 0.15) is 32.6 Å². The average Bonchev–Trinajstić information content (AvgIpc) is 2.75. The molecule has 2 rings (SSSR count). The predicted octanol–water partition coefficient (Wildman–Crippen LogP) is 3.49. The number of ether oxygens (including phenoxy) is 1. The SMILES string of the molecule is C=C/C(=C\C=C(/C)C(F)(F)F)OC1CCN(S(=O)(=O)C2=CCCC=C2C(=O)NO)CC1. The van der Waals surface area contributed by atoms with Gasteiger partial charge in [-0.15, -0.1) is 0 Å². The molecule has 7 nitrogen and oxygen atoms in total. The molecule has 1 fully saturated rings. The number of sulfonamides is 1. The summed E-state index contributed by atoms with van der Waals surface area (Å²) in [6.07, 6.45) is 3.01. The smallest absolute Gasteiger partial charge is 0.412 e. The van der Waals surface area contributed by atoms with Crippen molar-refractivity contribution >= 4 is 15.9 Å². The summed E-state index contributed by atoms with van der Waals surface area (Å²) in [5.74, 6) is -0.736. The number of nitrogens with one attached hydrogen (secondary N) is 1. The fraction of sp³-hybridized carbons (Fsp3) is 0.450. The molecule has 1 amide bonds. The molecule has 0 aromatic rings. The largest absolute Gasteiger partial charge is 0.490 e. The first-order valence-corrected chi connectivity index (χ1v) is 11.0. The molecule has 0 aromatic heterocycles. The predicted molar refractivity (Wildman–Crippen MR) is 108 cm³/mol. The van der Waals surface area contributed by atoms with Crippen LogP contribution in [0.5, 0.6) is 0 Å². The number of carbonyl (C=O) groups excluding carboxylic acids is 1. The van der Waals surface area contributed by atoms with E-state index in [4.69, 9.17) is 9.94 Å². The van der Waals surface area contributed by atoms with E-state index >= 15 is 0 Å². The molecule has 1 aliphatic carbocycles. The lowest BCUT2D eigenvalue weighted by Crippen LogP contribution is -2.42. The first kappa shape index (κ1) is 24.9. The lowest BCUT2D eigenvalue weighted by atomic mass is 10.1. The fourth-order valence-corrected chi connectivity index (χ4v) is 4.89. The minimum atomic E-state index is -4.43. The van der Waals surface area contributed by atoms with E-state index in [2.05, 4.69) is 6.58 Å². The van der Waals surface area contributed by atoms with E-state index in [0.29, 0.717) is 25.7 Å². The van der Waals surface area contributed by atoms with Crippen LogP contribution < -0.4 is 5.48 Å². The van der Waals surface area contributed by atoms with Crippen LogP contribution in [-0.2, 0) is 19.6 Å². The Hall–Kier alpha value is -2.37. The third kappa shape index (κ3) is 6.31. The Morgan fingerprint density at radius 1 is 1.26 bits per heavy atom. The van der Waals surface area contributed by atoms with Crippen molar-refractivity contribution < 1.29 is 36.3 Å². The minimum Gasteiger partial charge on any atom is -0.490 e. The molecule has 0 saturated carbocycles. The van der Waals surface area contributed by atoms with E-state index in [0.717, 1.165) is 13.0 Å². The zero-order valence-electron chi connectivity index (χ0n) is 17.0. The molecule has 2 aliphatic rings. The van der Waals surface area contributed by atoms with Gasteiger partial charge in [-0.3, -0.25) is 10.0 Å². The number of rotatable bonds is 7. The van der Waals surface area contributed by atoms with Gasteiger partial charge >= 0.3 is 6.18 Å². The summed E-state index contributed by atoms with van der Waals surface area (Å²) in [6.45, 7) is 4.70. The van der Waals surface area contributed by atoms with Gasteiger partial charge in [0.25, 0.3) is 5.91 Å². The first-order chi connectivity index (χ1) is 14.5.